The van der Waals surface area contributed by atoms with Crippen LogP contribution in [0.3, 0.4) is 0 Å². The molecule has 3 aromatic heterocycles. The Kier molecular flexibility index (Phi) is 13.7. The van der Waals surface area contributed by atoms with Crippen molar-refractivity contribution in [2.45, 2.75) is 77.6 Å². The van der Waals surface area contributed by atoms with E-state index < -0.39 is 6.36 Å². The first-order valence-electron chi connectivity index (χ1n) is 20.8. The van der Waals surface area contributed by atoms with E-state index in [0.29, 0.717) is 41.8 Å². The van der Waals surface area contributed by atoms with Gasteiger partial charge in [0.15, 0.2) is 0 Å². The van der Waals surface area contributed by atoms with Crippen molar-refractivity contribution in [1.29, 1.82) is 0 Å². The first-order chi connectivity index (χ1) is 29.7. The van der Waals surface area contributed by atoms with Crippen LogP contribution in [0.5, 0.6) is 11.6 Å². The molecular formula is C49H50ClF3N6O3. The summed E-state index contributed by atoms with van der Waals surface area (Å²) in [4.78, 5) is 28.4. The first kappa shape index (κ1) is 43.9. The van der Waals surface area contributed by atoms with Crippen LogP contribution in [-0.2, 0) is 24.8 Å². The van der Waals surface area contributed by atoms with Crippen molar-refractivity contribution >= 4 is 39.7 Å². The van der Waals surface area contributed by atoms with E-state index in [1.54, 1.807) is 41.2 Å². The van der Waals surface area contributed by atoms with Crippen LogP contribution in [0.4, 0.5) is 18.9 Å². The van der Waals surface area contributed by atoms with Gasteiger partial charge in [-0.25, -0.2) is 15.0 Å². The average Bonchev–Trinajstić information content (AvgIpc) is 3.64. The lowest BCUT2D eigenvalue weighted by molar-refractivity contribution is -0.274. The molecule has 322 valence electrons. The molecule has 0 bridgehead atoms. The highest BCUT2D eigenvalue weighted by molar-refractivity contribution is 6.30. The Bertz CT molecular complexity index is 2580. The molecule has 1 aliphatic heterocycles. The third-order valence-electron chi connectivity index (χ3n) is 11.0. The Labute approximate surface area is 364 Å². The summed E-state index contributed by atoms with van der Waals surface area (Å²) >= 11 is 6.14. The number of aromatic nitrogens is 4. The molecule has 8 rings (SSSR count). The van der Waals surface area contributed by atoms with Crippen LogP contribution in [0.1, 0.15) is 84.9 Å². The van der Waals surface area contributed by atoms with Gasteiger partial charge < -0.3 is 19.7 Å². The number of amides is 1. The highest BCUT2D eigenvalue weighted by atomic mass is 35.5. The molecule has 62 heavy (non-hydrogen) atoms. The fourth-order valence-electron chi connectivity index (χ4n) is 7.59. The van der Waals surface area contributed by atoms with Crippen LogP contribution in [0, 0.1) is 0 Å². The number of benzene rings is 4. The largest absolute Gasteiger partial charge is 0.573 e. The van der Waals surface area contributed by atoms with Gasteiger partial charge in [0.2, 0.25) is 5.88 Å². The second-order valence-electron chi connectivity index (χ2n) is 16.3. The summed E-state index contributed by atoms with van der Waals surface area (Å²) in [6, 6.07) is 34.5. The highest BCUT2D eigenvalue weighted by Gasteiger charge is 2.31. The summed E-state index contributed by atoms with van der Waals surface area (Å²) in [5, 5.41) is 4.49. The van der Waals surface area contributed by atoms with Gasteiger partial charge in [0.05, 0.1) is 28.2 Å². The van der Waals surface area contributed by atoms with Crippen molar-refractivity contribution < 1.29 is 27.4 Å². The van der Waals surface area contributed by atoms with Crippen molar-refractivity contribution in [3.63, 3.8) is 0 Å². The molecule has 0 atom stereocenters. The molecule has 1 aliphatic rings. The van der Waals surface area contributed by atoms with E-state index in [1.165, 1.54) is 23.3 Å². The number of hydrogen-bond acceptors (Lipinski definition) is 7. The van der Waals surface area contributed by atoms with E-state index in [0.717, 1.165) is 65.8 Å². The van der Waals surface area contributed by atoms with Crippen LogP contribution in [0.2, 0.25) is 5.02 Å². The van der Waals surface area contributed by atoms with Gasteiger partial charge in [-0.3, -0.25) is 9.20 Å². The Morgan fingerprint density at radius 1 is 0.855 bits per heavy atom. The fourth-order valence-corrected chi connectivity index (χ4v) is 7.75. The van der Waals surface area contributed by atoms with Crippen molar-refractivity contribution in [2.75, 3.05) is 24.6 Å². The number of carbonyl (C=O) groups is 1. The van der Waals surface area contributed by atoms with E-state index in [-0.39, 0.29) is 23.0 Å². The molecule has 0 aliphatic carbocycles. The molecule has 4 aromatic carbocycles. The summed E-state index contributed by atoms with van der Waals surface area (Å²) < 4.78 is 48.8. The molecule has 1 amide bonds. The second kappa shape index (κ2) is 19.3. The lowest BCUT2D eigenvalue weighted by atomic mass is 9.86. The number of hydrogen-bond donors (Lipinski definition) is 1. The van der Waals surface area contributed by atoms with Crippen molar-refractivity contribution in [3.05, 3.63) is 160 Å². The van der Waals surface area contributed by atoms with Crippen LogP contribution in [-0.4, -0.2) is 51.3 Å². The minimum atomic E-state index is -4.68. The SMILES string of the molecule is CC(C)(C)c1ccc(CCOc2ncnc3ccccc23)cc1.CCc1nc2ccc(Cl)cn2c1C(=O)NCc1ccc(N2CCC(c3ccc(OC(F)(F)F)cc3)CC2)cc1. The molecule has 13 heteroatoms. The van der Waals surface area contributed by atoms with Crippen molar-refractivity contribution in [1.82, 2.24) is 24.7 Å². The Balaban J connectivity index is 0.000000213. The van der Waals surface area contributed by atoms with Gasteiger partial charge in [-0.05, 0) is 101 Å². The summed E-state index contributed by atoms with van der Waals surface area (Å²) in [7, 11) is 0. The van der Waals surface area contributed by atoms with Gasteiger partial charge in [-0.1, -0.05) is 100.0 Å². The number of nitrogens with one attached hydrogen (secondary N) is 1. The zero-order valence-corrected chi connectivity index (χ0v) is 36.0. The summed E-state index contributed by atoms with van der Waals surface area (Å²) in [6.45, 7) is 11.3. The van der Waals surface area contributed by atoms with Crippen LogP contribution >= 0.6 is 11.6 Å². The molecular weight excluding hydrogens is 813 g/mol. The number of anilines is 1. The monoisotopic (exact) mass is 862 g/mol. The number of nitrogens with zero attached hydrogens (tertiary/aromatic N) is 5. The minimum Gasteiger partial charge on any atom is -0.477 e. The van der Waals surface area contributed by atoms with Crippen LogP contribution in [0.25, 0.3) is 16.6 Å². The maximum Gasteiger partial charge on any atom is 0.573 e. The number of para-hydroxylation sites is 1. The molecule has 0 radical (unpaired) electrons. The number of aryl methyl sites for hydroxylation is 1. The Morgan fingerprint density at radius 2 is 1.55 bits per heavy atom. The van der Waals surface area contributed by atoms with Gasteiger partial charge in [0, 0.05) is 37.9 Å². The predicted octanol–water partition coefficient (Wildman–Crippen LogP) is 11.3. The summed E-state index contributed by atoms with van der Waals surface area (Å²) in [5.74, 6) is 0.541. The average molecular weight is 863 g/mol. The Morgan fingerprint density at radius 3 is 2.23 bits per heavy atom. The standard InChI is InChI=1S/C29H28ClF3N4O2.C20H22N2O/c1-2-25-27(37-18-22(30)7-12-26(37)35-25)28(38)34-17-19-3-8-23(9-4-19)36-15-13-21(14-16-36)20-5-10-24(11-6-20)39-29(31,32)33;1-20(2,3)16-10-8-15(9-11-16)12-13-23-19-17-6-4-5-7-18(17)21-14-22-19/h3-12,18,21H,2,13-17H2,1H3,(H,34,38);4-11,14H,12-13H2,1-3H3. The van der Waals surface area contributed by atoms with Gasteiger partial charge >= 0.3 is 6.36 Å². The van der Waals surface area contributed by atoms with E-state index in [2.05, 4.69) is 87.1 Å². The number of halogens is 4. The lowest BCUT2D eigenvalue weighted by Crippen LogP contribution is -2.32. The topological polar surface area (TPSA) is 93.9 Å². The summed E-state index contributed by atoms with van der Waals surface area (Å²) in [5.41, 5.74) is 8.73. The fraction of sp³-hybridized carbons (Fsp3) is 0.306. The second-order valence-corrected chi connectivity index (χ2v) is 16.7. The molecule has 9 nitrogen and oxygen atoms in total. The van der Waals surface area contributed by atoms with E-state index in [4.69, 9.17) is 16.3 Å². The number of carbonyl (C=O) groups excluding carboxylic acids is 1. The van der Waals surface area contributed by atoms with Gasteiger partial charge in [0.1, 0.15) is 23.4 Å². The van der Waals surface area contributed by atoms with Crippen LogP contribution < -0.4 is 19.7 Å². The number of pyridine rings is 1. The van der Waals surface area contributed by atoms with Crippen molar-refractivity contribution in [2.24, 2.45) is 0 Å². The molecule has 7 aromatic rings. The number of fused-ring (bicyclic) bond motifs is 2. The molecule has 1 saturated heterocycles. The number of rotatable bonds is 11. The van der Waals surface area contributed by atoms with Gasteiger partial charge in [-0.15, -0.1) is 13.2 Å². The zero-order valence-electron chi connectivity index (χ0n) is 35.3. The number of alkyl halides is 3. The minimum absolute atomic E-state index is 0.189. The molecule has 1 N–H and O–H groups in total. The van der Waals surface area contributed by atoms with E-state index in [9.17, 15) is 18.0 Å². The smallest absolute Gasteiger partial charge is 0.477 e. The third-order valence-corrected chi connectivity index (χ3v) is 11.2. The molecule has 0 saturated carbocycles. The lowest BCUT2D eigenvalue weighted by Gasteiger charge is -2.34. The normalized spacial score (nSPS) is 13.5. The van der Waals surface area contributed by atoms with Crippen LogP contribution in [0.15, 0.2) is 122 Å². The Hall–Kier alpha value is -6.14. The number of imidazole rings is 1. The summed E-state index contributed by atoms with van der Waals surface area (Å²) in [6.07, 6.45) is 1.87. The molecule has 0 unspecified atom stereocenters. The number of piperidine rings is 1. The third kappa shape index (κ3) is 11.2. The van der Waals surface area contributed by atoms with E-state index in [1.807, 2.05) is 43.3 Å². The van der Waals surface area contributed by atoms with Gasteiger partial charge in [0.25, 0.3) is 5.91 Å². The maximum atomic E-state index is 13.0. The van der Waals surface area contributed by atoms with Crippen molar-refractivity contribution in [3.8, 4) is 11.6 Å². The predicted molar refractivity (Wildman–Crippen MR) is 238 cm³/mol. The molecule has 0 spiro atoms. The molecule has 1 fully saturated rings. The van der Waals surface area contributed by atoms with Gasteiger partial charge in [-0.2, -0.15) is 0 Å². The zero-order chi connectivity index (χ0) is 43.9. The van der Waals surface area contributed by atoms with E-state index >= 15 is 0 Å². The molecule has 4 heterocycles. The maximum absolute atomic E-state index is 13.0. The quantitative estimate of drug-likeness (QED) is 0.138. The first-order valence-corrected chi connectivity index (χ1v) is 21.2. The number of ether oxygens (including phenoxy) is 2. The highest BCUT2D eigenvalue weighted by Crippen LogP contribution is 2.33.